The SMILES string of the molecule is Nc1cnccc1[C@H]1CC(=O)CC2(CC2)O1. The third-order valence-electron chi connectivity index (χ3n) is 3.37. The van der Waals surface area contributed by atoms with Gasteiger partial charge in [0.1, 0.15) is 5.78 Å². The van der Waals surface area contributed by atoms with Crippen molar-refractivity contribution in [1.82, 2.24) is 4.98 Å². The summed E-state index contributed by atoms with van der Waals surface area (Å²) < 4.78 is 5.99. The molecule has 1 saturated heterocycles. The van der Waals surface area contributed by atoms with Gasteiger partial charge >= 0.3 is 0 Å². The topological polar surface area (TPSA) is 65.2 Å². The van der Waals surface area contributed by atoms with Gasteiger partial charge in [0.25, 0.3) is 0 Å². The number of Topliss-reactive ketones (excluding diaryl/α,β-unsaturated/α-hetero) is 1. The van der Waals surface area contributed by atoms with E-state index in [0.29, 0.717) is 18.5 Å². The summed E-state index contributed by atoms with van der Waals surface area (Å²) in [5.41, 5.74) is 7.20. The molecule has 2 aliphatic rings. The van der Waals surface area contributed by atoms with Gasteiger partial charge in [-0.2, -0.15) is 0 Å². The molecule has 0 aromatic carbocycles. The Labute approximate surface area is 93.8 Å². The summed E-state index contributed by atoms with van der Waals surface area (Å²) in [4.78, 5) is 15.6. The number of rotatable bonds is 1. The second kappa shape index (κ2) is 3.28. The Morgan fingerprint density at radius 3 is 3.00 bits per heavy atom. The maximum Gasteiger partial charge on any atom is 0.138 e. The molecule has 1 aromatic heterocycles. The zero-order valence-electron chi connectivity index (χ0n) is 8.98. The van der Waals surface area contributed by atoms with Gasteiger partial charge in [-0.15, -0.1) is 0 Å². The summed E-state index contributed by atoms with van der Waals surface area (Å²) in [6.45, 7) is 0. The number of nitrogen functional groups attached to an aromatic ring is 1. The number of nitrogens with two attached hydrogens (primary N) is 1. The Morgan fingerprint density at radius 1 is 1.50 bits per heavy atom. The second-order valence-electron chi connectivity index (χ2n) is 4.71. The zero-order valence-corrected chi connectivity index (χ0v) is 8.98. The van der Waals surface area contributed by atoms with Crippen molar-refractivity contribution in [2.45, 2.75) is 37.4 Å². The fraction of sp³-hybridized carbons (Fsp3) is 0.500. The molecule has 16 heavy (non-hydrogen) atoms. The molecule has 1 atom stereocenters. The van der Waals surface area contributed by atoms with E-state index in [-0.39, 0.29) is 17.5 Å². The number of nitrogens with zero attached hydrogens (tertiary/aromatic N) is 1. The van der Waals surface area contributed by atoms with Gasteiger partial charge < -0.3 is 10.5 Å². The maximum absolute atomic E-state index is 11.7. The summed E-state index contributed by atoms with van der Waals surface area (Å²) in [5.74, 6) is 0.282. The van der Waals surface area contributed by atoms with E-state index in [2.05, 4.69) is 4.98 Å². The van der Waals surface area contributed by atoms with Crippen LogP contribution in [-0.4, -0.2) is 16.4 Å². The van der Waals surface area contributed by atoms with Gasteiger partial charge in [0.05, 0.1) is 23.6 Å². The molecule has 4 nitrogen and oxygen atoms in total. The molecule has 2 N–H and O–H groups in total. The maximum atomic E-state index is 11.7. The minimum absolute atomic E-state index is 0.157. The van der Waals surface area contributed by atoms with E-state index < -0.39 is 0 Å². The van der Waals surface area contributed by atoms with Crippen molar-refractivity contribution < 1.29 is 9.53 Å². The monoisotopic (exact) mass is 218 g/mol. The van der Waals surface area contributed by atoms with Crippen molar-refractivity contribution in [3.63, 3.8) is 0 Å². The normalized spacial score (nSPS) is 27.0. The van der Waals surface area contributed by atoms with E-state index in [1.54, 1.807) is 12.4 Å². The van der Waals surface area contributed by atoms with Crippen LogP contribution in [0.2, 0.25) is 0 Å². The molecule has 0 amide bonds. The van der Waals surface area contributed by atoms with E-state index >= 15 is 0 Å². The average Bonchev–Trinajstić information content (AvgIpc) is 2.96. The molecule has 3 rings (SSSR count). The van der Waals surface area contributed by atoms with Gasteiger partial charge in [-0.3, -0.25) is 9.78 Å². The molecule has 1 aromatic rings. The minimum atomic E-state index is -0.174. The third-order valence-corrected chi connectivity index (χ3v) is 3.37. The van der Waals surface area contributed by atoms with Crippen LogP contribution in [0.1, 0.15) is 37.4 Å². The number of ketones is 1. The molecule has 0 unspecified atom stereocenters. The van der Waals surface area contributed by atoms with Gasteiger partial charge in [0.15, 0.2) is 0 Å². The molecule has 84 valence electrons. The number of carbonyl (C=O) groups excluding carboxylic acids is 1. The Morgan fingerprint density at radius 2 is 2.31 bits per heavy atom. The number of aromatic nitrogens is 1. The smallest absolute Gasteiger partial charge is 0.138 e. The van der Waals surface area contributed by atoms with Crippen LogP contribution in [0.15, 0.2) is 18.5 Å². The Kier molecular flexibility index (Phi) is 2.01. The number of hydrogen-bond donors (Lipinski definition) is 1. The van der Waals surface area contributed by atoms with Gasteiger partial charge in [-0.25, -0.2) is 0 Å². The number of anilines is 1. The molecule has 0 bridgehead atoms. The van der Waals surface area contributed by atoms with Crippen molar-refractivity contribution in [1.29, 1.82) is 0 Å². The van der Waals surface area contributed by atoms with Gasteiger partial charge in [0, 0.05) is 24.6 Å². The molecule has 2 heterocycles. The lowest BCUT2D eigenvalue weighted by molar-refractivity contribution is -0.139. The van der Waals surface area contributed by atoms with Crippen LogP contribution in [0.3, 0.4) is 0 Å². The van der Waals surface area contributed by atoms with Crippen LogP contribution in [0.25, 0.3) is 0 Å². The quantitative estimate of drug-likeness (QED) is 0.777. The van der Waals surface area contributed by atoms with Crippen LogP contribution in [-0.2, 0) is 9.53 Å². The summed E-state index contributed by atoms with van der Waals surface area (Å²) in [5, 5.41) is 0. The largest absolute Gasteiger partial charge is 0.397 e. The molecular formula is C12H14N2O2. The van der Waals surface area contributed by atoms with Crippen molar-refractivity contribution in [3.05, 3.63) is 24.0 Å². The summed E-state index contributed by atoms with van der Waals surface area (Å²) in [7, 11) is 0. The fourth-order valence-electron chi connectivity index (χ4n) is 2.34. The summed E-state index contributed by atoms with van der Waals surface area (Å²) >= 11 is 0. The highest BCUT2D eigenvalue weighted by molar-refractivity contribution is 5.81. The number of pyridine rings is 1. The lowest BCUT2D eigenvalue weighted by Crippen LogP contribution is -2.30. The van der Waals surface area contributed by atoms with E-state index in [1.807, 2.05) is 6.07 Å². The summed E-state index contributed by atoms with van der Waals surface area (Å²) in [6.07, 6.45) is 6.14. The molecule has 0 radical (unpaired) electrons. The minimum Gasteiger partial charge on any atom is -0.397 e. The van der Waals surface area contributed by atoms with E-state index in [0.717, 1.165) is 18.4 Å². The van der Waals surface area contributed by atoms with Gasteiger partial charge in [0.2, 0.25) is 0 Å². The molecule has 1 saturated carbocycles. The third kappa shape index (κ3) is 1.59. The predicted octanol–water partition coefficient (Wildman–Crippen LogP) is 1.62. The van der Waals surface area contributed by atoms with Crippen LogP contribution >= 0.6 is 0 Å². The highest BCUT2D eigenvalue weighted by Crippen LogP contribution is 2.50. The van der Waals surface area contributed by atoms with Crippen molar-refractivity contribution in [3.8, 4) is 0 Å². The number of hydrogen-bond acceptors (Lipinski definition) is 4. The average molecular weight is 218 g/mol. The zero-order chi connectivity index (χ0) is 11.2. The fourth-order valence-corrected chi connectivity index (χ4v) is 2.34. The first kappa shape index (κ1) is 9.78. The number of carbonyl (C=O) groups is 1. The first-order chi connectivity index (χ1) is 7.69. The van der Waals surface area contributed by atoms with E-state index in [9.17, 15) is 4.79 Å². The first-order valence-electron chi connectivity index (χ1n) is 5.57. The van der Waals surface area contributed by atoms with Crippen molar-refractivity contribution in [2.75, 3.05) is 5.73 Å². The summed E-state index contributed by atoms with van der Waals surface area (Å²) in [6, 6.07) is 1.84. The van der Waals surface area contributed by atoms with Crippen LogP contribution in [0, 0.1) is 0 Å². The van der Waals surface area contributed by atoms with Crippen molar-refractivity contribution >= 4 is 11.5 Å². The standard InChI is InChI=1S/C12H14N2O2/c13-10-7-14-4-1-9(10)11-5-8(15)6-12(16-11)2-3-12/h1,4,7,11H,2-3,5-6,13H2/t11-/m1/s1. The van der Waals surface area contributed by atoms with Crippen LogP contribution in [0.4, 0.5) is 5.69 Å². The lowest BCUT2D eigenvalue weighted by Gasteiger charge is -2.30. The van der Waals surface area contributed by atoms with Crippen molar-refractivity contribution in [2.24, 2.45) is 0 Å². The van der Waals surface area contributed by atoms with E-state index in [1.165, 1.54) is 0 Å². The molecule has 1 aliphatic heterocycles. The lowest BCUT2D eigenvalue weighted by atomic mass is 9.96. The van der Waals surface area contributed by atoms with Gasteiger partial charge in [-0.1, -0.05) is 0 Å². The Hall–Kier alpha value is -1.42. The van der Waals surface area contributed by atoms with E-state index in [4.69, 9.17) is 10.5 Å². The number of ether oxygens (including phenoxy) is 1. The Bertz CT molecular complexity index is 440. The van der Waals surface area contributed by atoms with Crippen LogP contribution in [0.5, 0.6) is 0 Å². The van der Waals surface area contributed by atoms with Gasteiger partial charge in [-0.05, 0) is 18.9 Å². The molecule has 2 fully saturated rings. The highest BCUT2D eigenvalue weighted by atomic mass is 16.5. The molecule has 1 spiro atoms. The molecular weight excluding hydrogens is 204 g/mol. The Balaban J connectivity index is 1.89. The first-order valence-corrected chi connectivity index (χ1v) is 5.57. The molecule has 1 aliphatic carbocycles. The highest BCUT2D eigenvalue weighted by Gasteiger charge is 2.50. The molecule has 4 heteroatoms. The predicted molar refractivity (Wildman–Crippen MR) is 58.7 cm³/mol. The van der Waals surface area contributed by atoms with Crippen LogP contribution < -0.4 is 5.73 Å². The second-order valence-corrected chi connectivity index (χ2v) is 4.71.